The lowest BCUT2D eigenvalue weighted by Crippen LogP contribution is -1.96. The average molecular weight is 175 g/mol. The van der Waals surface area contributed by atoms with E-state index in [0.717, 1.165) is 11.3 Å². The molecule has 0 N–H and O–H groups in total. The van der Waals surface area contributed by atoms with Gasteiger partial charge in [0.1, 0.15) is 5.75 Å². The maximum atomic E-state index is 5.22. The monoisotopic (exact) mass is 175 g/mol. The van der Waals surface area contributed by atoms with Gasteiger partial charge in [0.25, 0.3) is 0 Å². The highest BCUT2D eigenvalue weighted by Gasteiger charge is 2.07. The van der Waals surface area contributed by atoms with Crippen molar-refractivity contribution in [2.45, 2.75) is 12.8 Å². The molecule has 1 aromatic rings. The summed E-state index contributed by atoms with van der Waals surface area (Å²) in [6, 6.07) is 5.98. The highest BCUT2D eigenvalue weighted by Crippen LogP contribution is 2.26. The highest BCUT2D eigenvalue weighted by atomic mass is 16.5. The van der Waals surface area contributed by atoms with Crippen LogP contribution in [0, 0.1) is 13.8 Å². The lowest BCUT2D eigenvalue weighted by atomic mass is 9.96. The van der Waals surface area contributed by atoms with E-state index in [-0.39, 0.29) is 5.92 Å². The first-order valence-electron chi connectivity index (χ1n) is 4.29. The molecule has 0 spiro atoms. The van der Waals surface area contributed by atoms with Gasteiger partial charge in [-0.05, 0) is 31.0 Å². The molecule has 1 aromatic carbocycles. The second kappa shape index (κ2) is 4.13. The molecule has 0 fully saturated rings. The second-order valence-electron chi connectivity index (χ2n) is 3.02. The predicted octanol–water partition coefficient (Wildman–Crippen LogP) is 3.11. The van der Waals surface area contributed by atoms with Gasteiger partial charge >= 0.3 is 0 Å². The van der Waals surface area contributed by atoms with Gasteiger partial charge in [-0.2, -0.15) is 0 Å². The zero-order valence-corrected chi connectivity index (χ0v) is 8.21. The fourth-order valence-corrected chi connectivity index (χ4v) is 1.38. The van der Waals surface area contributed by atoms with Crippen molar-refractivity contribution < 1.29 is 4.74 Å². The predicted molar refractivity (Wildman–Crippen MR) is 56.0 cm³/mol. The Labute approximate surface area is 80.0 Å². The van der Waals surface area contributed by atoms with E-state index in [0.29, 0.717) is 0 Å². The first-order chi connectivity index (χ1) is 6.20. The van der Waals surface area contributed by atoms with E-state index in [4.69, 9.17) is 4.74 Å². The molecule has 1 heteroatoms. The van der Waals surface area contributed by atoms with Crippen molar-refractivity contribution in [3.8, 4) is 5.75 Å². The summed E-state index contributed by atoms with van der Waals surface area (Å²) in [5.41, 5.74) is 2.32. The summed E-state index contributed by atoms with van der Waals surface area (Å²) in [6.07, 6.45) is 1.84. The Hall–Kier alpha value is -1.24. The molecule has 1 unspecified atom stereocenters. The lowest BCUT2D eigenvalue weighted by molar-refractivity contribution is 0.411. The van der Waals surface area contributed by atoms with Crippen molar-refractivity contribution in [1.29, 1.82) is 0 Å². The van der Waals surface area contributed by atoms with E-state index < -0.39 is 0 Å². The quantitative estimate of drug-likeness (QED) is 0.641. The Morgan fingerprint density at radius 1 is 1.46 bits per heavy atom. The number of hydrogen-bond donors (Lipinski definition) is 0. The summed E-state index contributed by atoms with van der Waals surface area (Å²) in [4.78, 5) is 0. The molecule has 1 radical (unpaired) electrons. The normalized spacial score (nSPS) is 12.2. The van der Waals surface area contributed by atoms with Crippen molar-refractivity contribution in [2.75, 3.05) is 7.11 Å². The Morgan fingerprint density at radius 2 is 2.15 bits per heavy atom. The van der Waals surface area contributed by atoms with E-state index in [9.17, 15) is 0 Å². The number of ether oxygens (including phenoxy) is 1. The minimum absolute atomic E-state index is 0.134. The average Bonchev–Trinajstić information content (AvgIpc) is 2.17. The van der Waals surface area contributed by atoms with Gasteiger partial charge in [0.15, 0.2) is 0 Å². The van der Waals surface area contributed by atoms with Gasteiger partial charge in [-0.15, -0.1) is 6.58 Å². The van der Waals surface area contributed by atoms with Crippen LogP contribution in [0.5, 0.6) is 5.75 Å². The number of hydrogen-bond acceptors (Lipinski definition) is 1. The molecule has 13 heavy (non-hydrogen) atoms. The molecular weight excluding hydrogens is 160 g/mol. The number of allylic oxidation sites excluding steroid dienone is 1. The smallest absolute Gasteiger partial charge is 0.122 e. The molecule has 0 saturated heterocycles. The van der Waals surface area contributed by atoms with Crippen LogP contribution in [0.15, 0.2) is 30.9 Å². The molecule has 1 nitrogen and oxygen atoms in total. The molecule has 0 saturated carbocycles. The topological polar surface area (TPSA) is 9.23 Å². The molecule has 1 rings (SSSR count). The first-order valence-corrected chi connectivity index (χ1v) is 4.29. The number of methoxy groups -OCH3 is 1. The lowest BCUT2D eigenvalue weighted by Gasteiger charge is -2.13. The summed E-state index contributed by atoms with van der Waals surface area (Å²) in [5, 5.41) is 0. The standard InChI is InChI=1S/C12H15O/c1-5-9(2)11-7-6-8-12(13-4)10(11)3/h5-9H,1-2H2,3-4H3. The zero-order valence-electron chi connectivity index (χ0n) is 8.21. The summed E-state index contributed by atoms with van der Waals surface area (Å²) < 4.78 is 5.22. The van der Waals surface area contributed by atoms with Crippen LogP contribution in [0.3, 0.4) is 0 Å². The fourth-order valence-electron chi connectivity index (χ4n) is 1.38. The SMILES string of the molecule is [CH2]C(C=C)c1cccc(OC)c1C. The van der Waals surface area contributed by atoms with E-state index in [1.165, 1.54) is 5.56 Å². The maximum Gasteiger partial charge on any atom is 0.122 e. The molecule has 0 aliphatic heterocycles. The first kappa shape index (κ1) is 9.85. The zero-order chi connectivity index (χ0) is 9.84. The number of benzene rings is 1. The van der Waals surface area contributed by atoms with Gasteiger partial charge < -0.3 is 4.74 Å². The van der Waals surface area contributed by atoms with Crippen LogP contribution in [-0.4, -0.2) is 7.11 Å². The molecule has 0 aliphatic rings. The van der Waals surface area contributed by atoms with Gasteiger partial charge in [0.2, 0.25) is 0 Å². The summed E-state index contributed by atoms with van der Waals surface area (Å²) >= 11 is 0. The summed E-state index contributed by atoms with van der Waals surface area (Å²) in [6.45, 7) is 9.76. The molecule has 0 aromatic heterocycles. The minimum atomic E-state index is 0.134. The Kier molecular flexibility index (Phi) is 3.13. The van der Waals surface area contributed by atoms with Crippen LogP contribution in [0.2, 0.25) is 0 Å². The van der Waals surface area contributed by atoms with Crippen LogP contribution in [-0.2, 0) is 0 Å². The third kappa shape index (κ3) is 1.92. The highest BCUT2D eigenvalue weighted by molar-refractivity contribution is 5.42. The van der Waals surface area contributed by atoms with E-state index in [2.05, 4.69) is 19.6 Å². The van der Waals surface area contributed by atoms with Gasteiger partial charge in [-0.3, -0.25) is 0 Å². The van der Waals surface area contributed by atoms with Crippen LogP contribution in [0.1, 0.15) is 17.0 Å². The fraction of sp³-hybridized carbons (Fsp3) is 0.250. The van der Waals surface area contributed by atoms with Crippen LogP contribution in [0.4, 0.5) is 0 Å². The van der Waals surface area contributed by atoms with Crippen LogP contribution < -0.4 is 4.74 Å². The Balaban J connectivity index is 3.14. The van der Waals surface area contributed by atoms with Crippen molar-refractivity contribution in [2.24, 2.45) is 0 Å². The third-order valence-electron chi connectivity index (χ3n) is 2.23. The third-order valence-corrected chi connectivity index (χ3v) is 2.23. The molecular formula is C12H15O. The largest absolute Gasteiger partial charge is 0.496 e. The van der Waals surface area contributed by atoms with Crippen molar-refractivity contribution in [1.82, 2.24) is 0 Å². The van der Waals surface area contributed by atoms with E-state index in [1.54, 1.807) is 7.11 Å². The van der Waals surface area contributed by atoms with Gasteiger partial charge in [0.05, 0.1) is 7.11 Å². The molecule has 1 atom stereocenters. The van der Waals surface area contributed by atoms with E-state index >= 15 is 0 Å². The van der Waals surface area contributed by atoms with Gasteiger partial charge in [0, 0.05) is 5.92 Å². The minimum Gasteiger partial charge on any atom is -0.496 e. The molecule has 0 heterocycles. The van der Waals surface area contributed by atoms with Crippen LogP contribution >= 0.6 is 0 Å². The molecule has 0 aliphatic carbocycles. The van der Waals surface area contributed by atoms with Gasteiger partial charge in [-0.25, -0.2) is 0 Å². The van der Waals surface area contributed by atoms with Crippen molar-refractivity contribution in [3.05, 3.63) is 48.9 Å². The maximum absolute atomic E-state index is 5.22. The summed E-state index contributed by atoms with van der Waals surface area (Å²) in [7, 11) is 1.68. The molecule has 69 valence electrons. The van der Waals surface area contributed by atoms with Crippen molar-refractivity contribution >= 4 is 0 Å². The summed E-state index contributed by atoms with van der Waals surface area (Å²) in [5.74, 6) is 1.04. The van der Waals surface area contributed by atoms with E-state index in [1.807, 2.05) is 25.1 Å². The molecule has 0 bridgehead atoms. The second-order valence-corrected chi connectivity index (χ2v) is 3.02. The van der Waals surface area contributed by atoms with Gasteiger partial charge in [-0.1, -0.05) is 18.2 Å². The van der Waals surface area contributed by atoms with Crippen molar-refractivity contribution in [3.63, 3.8) is 0 Å². The van der Waals surface area contributed by atoms with Crippen LogP contribution in [0.25, 0.3) is 0 Å². The Morgan fingerprint density at radius 3 is 2.69 bits per heavy atom. The number of rotatable bonds is 3. The Bertz CT molecular complexity index is 302. The molecule has 0 amide bonds.